The van der Waals surface area contributed by atoms with Crippen molar-refractivity contribution in [1.29, 1.82) is 0 Å². The predicted octanol–water partition coefficient (Wildman–Crippen LogP) is 5.18. The number of benzene rings is 2. The highest BCUT2D eigenvalue weighted by Crippen LogP contribution is 2.34. The third kappa shape index (κ3) is 4.10. The van der Waals surface area contributed by atoms with Crippen molar-refractivity contribution in [3.8, 4) is 16.1 Å². The van der Waals surface area contributed by atoms with Crippen LogP contribution in [-0.4, -0.2) is 26.8 Å². The number of nitrogens with zero attached hydrogens (tertiary/aromatic N) is 2. The lowest BCUT2D eigenvalue weighted by atomic mass is 10.2. The molecule has 0 spiro atoms. The number of thioether (sulfide) groups is 1. The highest BCUT2D eigenvalue weighted by atomic mass is 32.2. The molecule has 1 saturated carbocycles. The summed E-state index contributed by atoms with van der Waals surface area (Å²) in [5, 5.41) is 3.82. The Labute approximate surface area is 194 Å². The van der Waals surface area contributed by atoms with Crippen LogP contribution >= 0.6 is 23.1 Å². The van der Waals surface area contributed by atoms with Crippen molar-refractivity contribution in [2.24, 2.45) is 0 Å². The van der Waals surface area contributed by atoms with E-state index in [0.717, 1.165) is 34.5 Å². The first-order chi connectivity index (χ1) is 15.5. The van der Waals surface area contributed by atoms with Gasteiger partial charge < -0.3 is 5.32 Å². The number of rotatable bonds is 6. The summed E-state index contributed by atoms with van der Waals surface area (Å²) in [5.41, 5.74) is 2.71. The average Bonchev–Trinajstić information content (AvgIpc) is 3.50. The van der Waals surface area contributed by atoms with Gasteiger partial charge in [-0.1, -0.05) is 60.3 Å². The normalized spacial score (nSPS) is 14.4. The maximum absolute atomic E-state index is 13.7. The monoisotopic (exact) mass is 461 g/mol. The minimum absolute atomic E-state index is 0.0145. The summed E-state index contributed by atoms with van der Waals surface area (Å²) >= 11 is 2.84. The summed E-state index contributed by atoms with van der Waals surface area (Å²) in [6.45, 7) is 3.84. The summed E-state index contributed by atoms with van der Waals surface area (Å²) in [5.74, 6) is -0.0145. The van der Waals surface area contributed by atoms with E-state index in [-0.39, 0.29) is 16.7 Å². The van der Waals surface area contributed by atoms with Gasteiger partial charge in [0.2, 0.25) is 5.91 Å². The van der Waals surface area contributed by atoms with Crippen LogP contribution in [0.5, 0.6) is 0 Å². The number of hydrogen-bond acceptors (Lipinski definition) is 5. The molecule has 5 rings (SSSR count). The smallest absolute Gasteiger partial charge is 0.267 e. The Hall–Kier alpha value is -2.90. The SMILES string of the molecule is Cc1ccccc1-n1c(SC(C)C(=O)NC2CC2)nc2sc(-c3ccccc3)cc2c1=O. The van der Waals surface area contributed by atoms with Crippen LogP contribution in [0.25, 0.3) is 26.3 Å². The number of para-hydroxylation sites is 1. The van der Waals surface area contributed by atoms with E-state index in [1.165, 1.54) is 23.1 Å². The van der Waals surface area contributed by atoms with E-state index < -0.39 is 0 Å². The molecule has 0 aliphatic heterocycles. The van der Waals surface area contributed by atoms with Crippen LogP contribution in [0.3, 0.4) is 0 Å². The van der Waals surface area contributed by atoms with Crippen molar-refractivity contribution < 1.29 is 4.79 Å². The van der Waals surface area contributed by atoms with E-state index in [9.17, 15) is 9.59 Å². The predicted molar refractivity (Wildman–Crippen MR) is 132 cm³/mol. The van der Waals surface area contributed by atoms with Crippen molar-refractivity contribution in [3.05, 3.63) is 76.6 Å². The van der Waals surface area contributed by atoms with Crippen molar-refractivity contribution in [3.63, 3.8) is 0 Å². The molecule has 1 fully saturated rings. The van der Waals surface area contributed by atoms with Crippen LogP contribution in [-0.2, 0) is 4.79 Å². The largest absolute Gasteiger partial charge is 0.352 e. The molecule has 4 aromatic rings. The fraction of sp³-hybridized carbons (Fsp3) is 0.240. The molecule has 1 unspecified atom stereocenters. The molecule has 1 amide bonds. The minimum Gasteiger partial charge on any atom is -0.352 e. The maximum atomic E-state index is 13.7. The topological polar surface area (TPSA) is 64.0 Å². The molecular weight excluding hydrogens is 438 g/mol. The number of carbonyl (C=O) groups is 1. The van der Waals surface area contributed by atoms with Gasteiger partial charge in [-0.3, -0.25) is 14.2 Å². The lowest BCUT2D eigenvalue weighted by Crippen LogP contribution is -2.33. The van der Waals surface area contributed by atoms with E-state index in [1.807, 2.05) is 74.5 Å². The maximum Gasteiger partial charge on any atom is 0.267 e. The highest BCUT2D eigenvalue weighted by Gasteiger charge is 2.27. The third-order valence-electron chi connectivity index (χ3n) is 5.52. The number of carbonyl (C=O) groups excluding carboxylic acids is 1. The number of fused-ring (bicyclic) bond motifs is 1. The van der Waals surface area contributed by atoms with Gasteiger partial charge in [0.15, 0.2) is 5.16 Å². The summed E-state index contributed by atoms with van der Waals surface area (Å²) in [6, 6.07) is 20.0. The molecule has 0 saturated heterocycles. The van der Waals surface area contributed by atoms with Crippen LogP contribution in [0.15, 0.2) is 70.6 Å². The number of aromatic nitrogens is 2. The van der Waals surface area contributed by atoms with Crippen molar-refractivity contribution in [2.75, 3.05) is 0 Å². The van der Waals surface area contributed by atoms with E-state index in [2.05, 4.69) is 5.32 Å². The molecule has 2 aromatic carbocycles. The number of aryl methyl sites for hydroxylation is 1. The fourth-order valence-corrected chi connectivity index (χ4v) is 5.58. The Morgan fingerprint density at radius 3 is 2.59 bits per heavy atom. The molecule has 1 N–H and O–H groups in total. The van der Waals surface area contributed by atoms with Gasteiger partial charge in [0, 0.05) is 10.9 Å². The highest BCUT2D eigenvalue weighted by molar-refractivity contribution is 8.00. The van der Waals surface area contributed by atoms with Gasteiger partial charge in [-0.2, -0.15) is 0 Å². The lowest BCUT2D eigenvalue weighted by Gasteiger charge is -2.16. The van der Waals surface area contributed by atoms with Crippen LogP contribution < -0.4 is 10.9 Å². The molecule has 2 aromatic heterocycles. The zero-order valence-corrected chi connectivity index (χ0v) is 19.5. The quantitative estimate of drug-likeness (QED) is 0.317. The van der Waals surface area contributed by atoms with Crippen LogP contribution in [0.1, 0.15) is 25.3 Å². The number of hydrogen-bond donors (Lipinski definition) is 1. The van der Waals surface area contributed by atoms with Gasteiger partial charge in [0.05, 0.1) is 16.3 Å². The summed E-state index contributed by atoms with van der Waals surface area (Å²) in [7, 11) is 0. The molecule has 1 aliphatic carbocycles. The molecule has 1 atom stereocenters. The van der Waals surface area contributed by atoms with Gasteiger partial charge in [-0.15, -0.1) is 11.3 Å². The van der Waals surface area contributed by atoms with Crippen molar-refractivity contribution in [1.82, 2.24) is 14.9 Å². The Balaban J connectivity index is 1.64. The number of amides is 1. The molecule has 162 valence electrons. The Morgan fingerprint density at radius 1 is 1.16 bits per heavy atom. The first kappa shape index (κ1) is 21.0. The van der Waals surface area contributed by atoms with E-state index >= 15 is 0 Å². The Kier molecular flexibility index (Phi) is 5.61. The van der Waals surface area contributed by atoms with Crippen molar-refractivity contribution in [2.45, 2.75) is 43.1 Å². The molecule has 1 aliphatic rings. The second-order valence-electron chi connectivity index (χ2n) is 8.06. The second-order valence-corrected chi connectivity index (χ2v) is 10.4. The zero-order chi connectivity index (χ0) is 22.2. The standard InChI is InChI=1S/C25H23N3O2S2/c1-15-8-6-7-11-20(15)28-24(30)19-14-21(17-9-4-3-5-10-17)32-23(19)27-25(28)31-16(2)22(29)26-18-12-13-18/h3-11,14,16,18H,12-13H2,1-2H3,(H,26,29). The van der Waals surface area contributed by atoms with Crippen LogP contribution in [0.2, 0.25) is 0 Å². The summed E-state index contributed by atoms with van der Waals surface area (Å²) in [4.78, 5) is 32.9. The number of nitrogens with one attached hydrogen (secondary N) is 1. The Bertz CT molecular complexity index is 1360. The van der Waals surface area contributed by atoms with Crippen LogP contribution in [0, 0.1) is 6.92 Å². The van der Waals surface area contributed by atoms with Crippen LogP contribution in [0.4, 0.5) is 0 Å². The molecule has 2 heterocycles. The molecule has 0 radical (unpaired) electrons. The van der Waals surface area contributed by atoms with Gasteiger partial charge in [-0.05, 0) is 49.9 Å². The van der Waals surface area contributed by atoms with Gasteiger partial charge in [0.25, 0.3) is 5.56 Å². The molecule has 7 heteroatoms. The Morgan fingerprint density at radius 2 is 1.88 bits per heavy atom. The summed E-state index contributed by atoms with van der Waals surface area (Å²) < 4.78 is 1.66. The first-order valence-corrected chi connectivity index (χ1v) is 12.4. The third-order valence-corrected chi connectivity index (χ3v) is 7.65. The molecule has 32 heavy (non-hydrogen) atoms. The lowest BCUT2D eigenvalue weighted by molar-refractivity contribution is -0.120. The number of thiophene rings is 1. The summed E-state index contributed by atoms with van der Waals surface area (Å²) in [6.07, 6.45) is 2.08. The van der Waals surface area contributed by atoms with Gasteiger partial charge in [0.1, 0.15) is 4.83 Å². The van der Waals surface area contributed by atoms with E-state index in [1.54, 1.807) is 4.57 Å². The van der Waals surface area contributed by atoms with E-state index in [0.29, 0.717) is 21.4 Å². The molecular formula is C25H23N3O2S2. The van der Waals surface area contributed by atoms with Gasteiger partial charge in [-0.25, -0.2) is 4.98 Å². The van der Waals surface area contributed by atoms with Gasteiger partial charge >= 0.3 is 0 Å². The molecule has 5 nitrogen and oxygen atoms in total. The first-order valence-electron chi connectivity index (χ1n) is 10.7. The minimum atomic E-state index is -0.358. The fourth-order valence-electron chi connectivity index (χ4n) is 3.57. The van der Waals surface area contributed by atoms with E-state index in [4.69, 9.17) is 4.98 Å². The average molecular weight is 462 g/mol. The zero-order valence-electron chi connectivity index (χ0n) is 17.9. The van der Waals surface area contributed by atoms with Crippen molar-refractivity contribution >= 4 is 39.2 Å². The molecule has 0 bridgehead atoms. The second kappa shape index (κ2) is 8.56.